The van der Waals surface area contributed by atoms with Crippen LogP contribution >= 0.6 is 0 Å². The molecule has 0 aliphatic carbocycles. The van der Waals surface area contributed by atoms with E-state index >= 15 is 0 Å². The standard InChI is InChI=1S/C11H17N3/c1-9-10(4-3-5-13-9)11-8-12-6-7-14(11)2/h3-5,11-12H,6-8H2,1-2H3. The Labute approximate surface area is 85.1 Å². The summed E-state index contributed by atoms with van der Waals surface area (Å²) in [6, 6.07) is 4.68. The van der Waals surface area contributed by atoms with Crippen molar-refractivity contribution in [3.8, 4) is 0 Å². The molecule has 1 fully saturated rings. The number of rotatable bonds is 1. The van der Waals surface area contributed by atoms with Crippen LogP contribution in [0, 0.1) is 6.92 Å². The second kappa shape index (κ2) is 4.07. The van der Waals surface area contributed by atoms with E-state index in [9.17, 15) is 0 Å². The molecule has 3 nitrogen and oxygen atoms in total. The van der Waals surface area contributed by atoms with Crippen LogP contribution in [0.25, 0.3) is 0 Å². The number of pyridine rings is 1. The quantitative estimate of drug-likeness (QED) is 0.717. The van der Waals surface area contributed by atoms with Gasteiger partial charge in [-0.05, 0) is 25.6 Å². The van der Waals surface area contributed by atoms with E-state index in [0.717, 1.165) is 25.3 Å². The number of aryl methyl sites for hydroxylation is 1. The second-order valence-corrected chi connectivity index (χ2v) is 3.88. The van der Waals surface area contributed by atoms with Crippen molar-refractivity contribution in [1.29, 1.82) is 0 Å². The van der Waals surface area contributed by atoms with Crippen molar-refractivity contribution in [1.82, 2.24) is 15.2 Å². The summed E-state index contributed by atoms with van der Waals surface area (Å²) in [5.74, 6) is 0. The van der Waals surface area contributed by atoms with E-state index in [0.29, 0.717) is 6.04 Å². The van der Waals surface area contributed by atoms with E-state index in [1.807, 2.05) is 12.3 Å². The van der Waals surface area contributed by atoms with E-state index in [2.05, 4.69) is 35.2 Å². The molecular formula is C11H17N3. The highest BCUT2D eigenvalue weighted by molar-refractivity contribution is 5.23. The smallest absolute Gasteiger partial charge is 0.0488 e. The SMILES string of the molecule is Cc1ncccc1C1CNCCN1C. The topological polar surface area (TPSA) is 28.2 Å². The normalized spacial score (nSPS) is 23.7. The van der Waals surface area contributed by atoms with Crippen molar-refractivity contribution in [3.63, 3.8) is 0 Å². The highest BCUT2D eigenvalue weighted by Crippen LogP contribution is 2.21. The minimum atomic E-state index is 0.484. The van der Waals surface area contributed by atoms with Gasteiger partial charge in [0.15, 0.2) is 0 Å². The fraction of sp³-hybridized carbons (Fsp3) is 0.545. The molecule has 0 amide bonds. The summed E-state index contributed by atoms with van der Waals surface area (Å²) in [5.41, 5.74) is 2.50. The molecule has 1 aromatic heterocycles. The molecule has 76 valence electrons. The van der Waals surface area contributed by atoms with E-state index in [1.165, 1.54) is 5.56 Å². The third-order valence-electron chi connectivity index (χ3n) is 2.92. The summed E-state index contributed by atoms with van der Waals surface area (Å²) < 4.78 is 0. The van der Waals surface area contributed by atoms with E-state index in [4.69, 9.17) is 0 Å². The Kier molecular flexibility index (Phi) is 2.79. The molecular weight excluding hydrogens is 174 g/mol. The maximum atomic E-state index is 4.33. The third-order valence-corrected chi connectivity index (χ3v) is 2.92. The summed E-state index contributed by atoms with van der Waals surface area (Å²) >= 11 is 0. The molecule has 14 heavy (non-hydrogen) atoms. The molecule has 1 N–H and O–H groups in total. The van der Waals surface area contributed by atoms with Crippen LogP contribution in [0.2, 0.25) is 0 Å². The Morgan fingerprint density at radius 1 is 1.57 bits per heavy atom. The number of nitrogens with one attached hydrogen (secondary N) is 1. The van der Waals surface area contributed by atoms with Gasteiger partial charge < -0.3 is 5.32 Å². The largest absolute Gasteiger partial charge is 0.314 e. The van der Waals surface area contributed by atoms with Gasteiger partial charge in [0.1, 0.15) is 0 Å². The number of hydrogen-bond donors (Lipinski definition) is 1. The lowest BCUT2D eigenvalue weighted by molar-refractivity contribution is 0.201. The molecule has 1 aromatic rings. The number of likely N-dealkylation sites (N-methyl/N-ethyl adjacent to an activating group) is 1. The van der Waals surface area contributed by atoms with Crippen LogP contribution in [-0.2, 0) is 0 Å². The molecule has 1 aliphatic heterocycles. The first-order valence-electron chi connectivity index (χ1n) is 5.11. The van der Waals surface area contributed by atoms with Crippen molar-refractivity contribution >= 4 is 0 Å². The van der Waals surface area contributed by atoms with E-state index < -0.39 is 0 Å². The zero-order chi connectivity index (χ0) is 9.97. The number of piperazine rings is 1. The van der Waals surface area contributed by atoms with Gasteiger partial charge in [0.2, 0.25) is 0 Å². The van der Waals surface area contributed by atoms with Crippen LogP contribution in [0.4, 0.5) is 0 Å². The molecule has 0 aromatic carbocycles. The summed E-state index contributed by atoms with van der Waals surface area (Å²) in [5, 5.41) is 3.42. The molecule has 3 heteroatoms. The Balaban J connectivity index is 2.25. The fourth-order valence-electron chi connectivity index (χ4n) is 2.00. The van der Waals surface area contributed by atoms with Crippen LogP contribution < -0.4 is 5.32 Å². The molecule has 1 unspecified atom stereocenters. The molecule has 2 heterocycles. The lowest BCUT2D eigenvalue weighted by Gasteiger charge is -2.33. The van der Waals surface area contributed by atoms with Crippen molar-refractivity contribution < 1.29 is 0 Å². The van der Waals surface area contributed by atoms with Gasteiger partial charge in [-0.3, -0.25) is 9.88 Å². The van der Waals surface area contributed by atoms with Crippen molar-refractivity contribution in [2.75, 3.05) is 26.7 Å². The number of hydrogen-bond acceptors (Lipinski definition) is 3. The minimum absolute atomic E-state index is 0.484. The van der Waals surface area contributed by atoms with Gasteiger partial charge in [-0.1, -0.05) is 6.07 Å². The Bertz CT molecular complexity index is 311. The van der Waals surface area contributed by atoms with Gasteiger partial charge in [-0.25, -0.2) is 0 Å². The number of aromatic nitrogens is 1. The number of nitrogens with zero attached hydrogens (tertiary/aromatic N) is 2. The van der Waals surface area contributed by atoms with Crippen LogP contribution in [-0.4, -0.2) is 36.6 Å². The predicted octanol–water partition coefficient (Wildman–Crippen LogP) is 0.966. The molecule has 1 saturated heterocycles. The Hall–Kier alpha value is -0.930. The maximum Gasteiger partial charge on any atom is 0.0488 e. The first-order chi connectivity index (χ1) is 6.79. The van der Waals surface area contributed by atoms with Gasteiger partial charge in [0.25, 0.3) is 0 Å². The predicted molar refractivity (Wildman–Crippen MR) is 57.2 cm³/mol. The zero-order valence-electron chi connectivity index (χ0n) is 8.83. The lowest BCUT2D eigenvalue weighted by Crippen LogP contribution is -2.44. The Morgan fingerprint density at radius 3 is 3.14 bits per heavy atom. The first-order valence-corrected chi connectivity index (χ1v) is 5.11. The van der Waals surface area contributed by atoms with Crippen LogP contribution in [0.3, 0.4) is 0 Å². The molecule has 1 aliphatic rings. The molecule has 2 rings (SSSR count). The zero-order valence-corrected chi connectivity index (χ0v) is 8.83. The van der Waals surface area contributed by atoms with Crippen molar-refractivity contribution in [2.45, 2.75) is 13.0 Å². The monoisotopic (exact) mass is 191 g/mol. The van der Waals surface area contributed by atoms with E-state index in [-0.39, 0.29) is 0 Å². The van der Waals surface area contributed by atoms with Gasteiger partial charge in [-0.2, -0.15) is 0 Å². The van der Waals surface area contributed by atoms with Crippen molar-refractivity contribution in [2.24, 2.45) is 0 Å². The van der Waals surface area contributed by atoms with Gasteiger partial charge in [0, 0.05) is 37.6 Å². The summed E-state index contributed by atoms with van der Waals surface area (Å²) in [6.45, 7) is 5.31. The van der Waals surface area contributed by atoms with Crippen LogP contribution in [0.5, 0.6) is 0 Å². The highest BCUT2D eigenvalue weighted by atomic mass is 15.2. The molecule has 0 bridgehead atoms. The van der Waals surface area contributed by atoms with Gasteiger partial charge >= 0.3 is 0 Å². The average molecular weight is 191 g/mol. The summed E-state index contributed by atoms with van der Waals surface area (Å²) in [7, 11) is 2.18. The van der Waals surface area contributed by atoms with Crippen molar-refractivity contribution in [3.05, 3.63) is 29.6 Å². The Morgan fingerprint density at radius 2 is 2.43 bits per heavy atom. The fourth-order valence-corrected chi connectivity index (χ4v) is 2.00. The highest BCUT2D eigenvalue weighted by Gasteiger charge is 2.21. The van der Waals surface area contributed by atoms with Crippen LogP contribution in [0.15, 0.2) is 18.3 Å². The third kappa shape index (κ3) is 1.79. The first kappa shape index (κ1) is 9.62. The average Bonchev–Trinajstić information content (AvgIpc) is 2.20. The summed E-state index contributed by atoms with van der Waals surface area (Å²) in [6.07, 6.45) is 1.86. The molecule has 0 saturated carbocycles. The lowest BCUT2D eigenvalue weighted by atomic mass is 10.0. The van der Waals surface area contributed by atoms with E-state index in [1.54, 1.807) is 0 Å². The van der Waals surface area contributed by atoms with Gasteiger partial charge in [0.05, 0.1) is 0 Å². The summed E-state index contributed by atoms with van der Waals surface area (Å²) in [4.78, 5) is 6.72. The maximum absolute atomic E-state index is 4.33. The van der Waals surface area contributed by atoms with Gasteiger partial charge in [-0.15, -0.1) is 0 Å². The molecule has 1 atom stereocenters. The molecule has 0 radical (unpaired) electrons. The van der Waals surface area contributed by atoms with Crippen LogP contribution in [0.1, 0.15) is 17.3 Å². The second-order valence-electron chi connectivity index (χ2n) is 3.88. The minimum Gasteiger partial charge on any atom is -0.314 e. The molecule has 0 spiro atoms.